The van der Waals surface area contributed by atoms with Crippen molar-refractivity contribution < 1.29 is 9.59 Å². The molecule has 1 aliphatic rings. The standard InChI is InChI=1S/C18H22N4O2/c1-2-14(11-6-4-3-5-7-11)18(24)20-13-8-12(9-13)15-10-16(17(19)23)22-21-15/h3-7,10,12-14H,2,8-9H2,1H3,(H2,19,23)(H,20,24)(H,21,22). The fourth-order valence-electron chi connectivity index (χ4n) is 3.22. The lowest BCUT2D eigenvalue weighted by Crippen LogP contribution is -2.45. The molecule has 1 unspecified atom stereocenters. The maximum atomic E-state index is 12.5. The number of hydrogen-bond acceptors (Lipinski definition) is 3. The van der Waals surface area contributed by atoms with Gasteiger partial charge in [-0.25, -0.2) is 0 Å². The molecule has 0 radical (unpaired) electrons. The fourth-order valence-corrected chi connectivity index (χ4v) is 3.22. The van der Waals surface area contributed by atoms with E-state index in [4.69, 9.17) is 5.73 Å². The van der Waals surface area contributed by atoms with E-state index in [-0.39, 0.29) is 29.5 Å². The van der Waals surface area contributed by atoms with Gasteiger partial charge in [0.1, 0.15) is 5.69 Å². The lowest BCUT2D eigenvalue weighted by atomic mass is 9.77. The van der Waals surface area contributed by atoms with Crippen molar-refractivity contribution in [2.24, 2.45) is 5.73 Å². The molecule has 1 aromatic carbocycles. The molecule has 126 valence electrons. The first-order valence-electron chi connectivity index (χ1n) is 8.29. The number of benzene rings is 1. The first kappa shape index (κ1) is 16.2. The van der Waals surface area contributed by atoms with Gasteiger partial charge in [-0.3, -0.25) is 14.7 Å². The van der Waals surface area contributed by atoms with Crippen molar-refractivity contribution in [2.45, 2.75) is 44.1 Å². The van der Waals surface area contributed by atoms with Crippen LogP contribution < -0.4 is 11.1 Å². The SMILES string of the molecule is CCC(C(=O)NC1CC(c2cc(C(N)=O)n[nH]2)C1)c1ccccc1. The number of rotatable bonds is 6. The predicted octanol–water partition coefficient (Wildman–Crippen LogP) is 2.06. The van der Waals surface area contributed by atoms with Crippen LogP contribution in [-0.4, -0.2) is 28.1 Å². The maximum absolute atomic E-state index is 12.5. The number of nitrogens with zero attached hydrogens (tertiary/aromatic N) is 1. The summed E-state index contributed by atoms with van der Waals surface area (Å²) in [5, 5.41) is 9.89. The van der Waals surface area contributed by atoms with E-state index in [0.717, 1.165) is 30.5 Å². The number of aromatic nitrogens is 2. The summed E-state index contributed by atoms with van der Waals surface area (Å²) in [6.45, 7) is 2.02. The molecule has 24 heavy (non-hydrogen) atoms. The average Bonchev–Trinajstić information content (AvgIpc) is 3.02. The minimum atomic E-state index is -0.532. The van der Waals surface area contributed by atoms with E-state index in [1.54, 1.807) is 6.07 Å². The minimum absolute atomic E-state index is 0.0783. The summed E-state index contributed by atoms with van der Waals surface area (Å²) in [5.41, 5.74) is 7.42. The Morgan fingerprint density at radius 2 is 2.04 bits per heavy atom. The second-order valence-electron chi connectivity index (χ2n) is 6.32. The molecule has 2 amide bonds. The number of carbonyl (C=O) groups excluding carboxylic acids is 2. The van der Waals surface area contributed by atoms with Crippen LogP contribution in [0.4, 0.5) is 0 Å². The Hall–Kier alpha value is -2.63. The van der Waals surface area contributed by atoms with Crippen LogP contribution in [0.15, 0.2) is 36.4 Å². The minimum Gasteiger partial charge on any atom is -0.364 e. The number of amides is 2. The topological polar surface area (TPSA) is 101 Å². The molecule has 1 heterocycles. The number of nitrogens with two attached hydrogens (primary N) is 1. The number of primary amides is 1. The molecular weight excluding hydrogens is 304 g/mol. The molecule has 1 aromatic heterocycles. The fraction of sp³-hybridized carbons (Fsp3) is 0.389. The normalized spacial score (nSPS) is 20.9. The van der Waals surface area contributed by atoms with Crippen LogP contribution in [-0.2, 0) is 4.79 Å². The number of carbonyl (C=O) groups is 2. The van der Waals surface area contributed by atoms with Crippen LogP contribution >= 0.6 is 0 Å². The molecule has 6 heteroatoms. The van der Waals surface area contributed by atoms with Gasteiger partial charge in [0.15, 0.2) is 0 Å². The van der Waals surface area contributed by atoms with Crippen LogP contribution in [0.2, 0.25) is 0 Å². The molecule has 1 saturated carbocycles. The van der Waals surface area contributed by atoms with Gasteiger partial charge < -0.3 is 11.1 Å². The summed E-state index contributed by atoms with van der Waals surface area (Å²) < 4.78 is 0. The molecule has 6 nitrogen and oxygen atoms in total. The average molecular weight is 326 g/mol. The smallest absolute Gasteiger partial charge is 0.269 e. The molecule has 1 fully saturated rings. The largest absolute Gasteiger partial charge is 0.364 e. The molecule has 0 aliphatic heterocycles. The van der Waals surface area contributed by atoms with Crippen molar-refractivity contribution in [3.8, 4) is 0 Å². The van der Waals surface area contributed by atoms with Crippen molar-refractivity contribution in [3.05, 3.63) is 53.3 Å². The molecule has 4 N–H and O–H groups in total. The summed E-state index contributed by atoms with van der Waals surface area (Å²) >= 11 is 0. The van der Waals surface area contributed by atoms with Gasteiger partial charge in [0.05, 0.1) is 5.92 Å². The van der Waals surface area contributed by atoms with Crippen molar-refractivity contribution in [2.75, 3.05) is 0 Å². The van der Waals surface area contributed by atoms with Gasteiger partial charge in [0, 0.05) is 17.7 Å². The quantitative estimate of drug-likeness (QED) is 0.757. The second-order valence-corrected chi connectivity index (χ2v) is 6.32. The van der Waals surface area contributed by atoms with Crippen molar-refractivity contribution in [1.29, 1.82) is 0 Å². The molecule has 0 saturated heterocycles. The Morgan fingerprint density at radius 1 is 1.33 bits per heavy atom. The van der Waals surface area contributed by atoms with Gasteiger partial charge in [-0.2, -0.15) is 5.10 Å². The Bertz CT molecular complexity index is 720. The highest BCUT2D eigenvalue weighted by molar-refractivity contribution is 5.90. The van der Waals surface area contributed by atoms with Crippen LogP contribution in [0.3, 0.4) is 0 Å². The van der Waals surface area contributed by atoms with E-state index >= 15 is 0 Å². The van der Waals surface area contributed by atoms with Crippen LogP contribution in [0.1, 0.15) is 59.8 Å². The van der Waals surface area contributed by atoms with Gasteiger partial charge in [0.25, 0.3) is 5.91 Å². The van der Waals surface area contributed by atoms with Gasteiger partial charge in [-0.05, 0) is 30.9 Å². The summed E-state index contributed by atoms with van der Waals surface area (Å²) in [4.78, 5) is 23.6. The van der Waals surface area contributed by atoms with E-state index in [1.807, 2.05) is 37.3 Å². The maximum Gasteiger partial charge on any atom is 0.269 e. The number of H-pyrrole nitrogens is 1. The molecule has 0 bridgehead atoms. The van der Waals surface area contributed by atoms with Gasteiger partial charge in [-0.1, -0.05) is 37.3 Å². The summed E-state index contributed by atoms with van der Waals surface area (Å²) in [6.07, 6.45) is 2.46. The third-order valence-electron chi connectivity index (χ3n) is 4.70. The Balaban J connectivity index is 1.54. The first-order chi connectivity index (χ1) is 11.6. The second kappa shape index (κ2) is 6.86. The monoisotopic (exact) mass is 326 g/mol. The number of nitrogens with one attached hydrogen (secondary N) is 2. The molecule has 2 aromatic rings. The third-order valence-corrected chi connectivity index (χ3v) is 4.70. The highest BCUT2D eigenvalue weighted by Gasteiger charge is 2.34. The number of hydrogen-bond donors (Lipinski definition) is 3. The predicted molar refractivity (Wildman–Crippen MR) is 90.5 cm³/mol. The highest BCUT2D eigenvalue weighted by Crippen LogP contribution is 2.36. The van der Waals surface area contributed by atoms with E-state index in [9.17, 15) is 9.59 Å². The van der Waals surface area contributed by atoms with E-state index in [1.165, 1.54) is 0 Å². The van der Waals surface area contributed by atoms with Gasteiger partial charge >= 0.3 is 0 Å². The molecule has 1 aliphatic carbocycles. The summed E-state index contributed by atoms with van der Waals surface area (Å²) in [5.74, 6) is -0.281. The highest BCUT2D eigenvalue weighted by atomic mass is 16.2. The zero-order chi connectivity index (χ0) is 17.1. The van der Waals surface area contributed by atoms with Crippen molar-refractivity contribution in [1.82, 2.24) is 15.5 Å². The van der Waals surface area contributed by atoms with Gasteiger partial charge in [-0.15, -0.1) is 0 Å². The first-order valence-corrected chi connectivity index (χ1v) is 8.29. The summed E-state index contributed by atoms with van der Waals surface area (Å²) in [6, 6.07) is 11.7. The Morgan fingerprint density at radius 3 is 2.62 bits per heavy atom. The summed E-state index contributed by atoms with van der Waals surface area (Å²) in [7, 11) is 0. The molecule has 1 atom stereocenters. The van der Waals surface area contributed by atoms with Crippen molar-refractivity contribution in [3.63, 3.8) is 0 Å². The number of aromatic amines is 1. The van der Waals surface area contributed by atoms with Crippen LogP contribution in [0, 0.1) is 0 Å². The van der Waals surface area contributed by atoms with E-state index < -0.39 is 5.91 Å². The Kier molecular flexibility index (Phi) is 4.64. The lowest BCUT2D eigenvalue weighted by Gasteiger charge is -2.36. The molecular formula is C18H22N4O2. The zero-order valence-electron chi connectivity index (χ0n) is 13.7. The van der Waals surface area contributed by atoms with Crippen molar-refractivity contribution >= 4 is 11.8 Å². The third kappa shape index (κ3) is 3.32. The van der Waals surface area contributed by atoms with Crippen LogP contribution in [0.25, 0.3) is 0 Å². The lowest BCUT2D eigenvalue weighted by molar-refractivity contribution is -0.124. The zero-order valence-corrected chi connectivity index (χ0v) is 13.7. The van der Waals surface area contributed by atoms with Crippen LogP contribution in [0.5, 0.6) is 0 Å². The van der Waals surface area contributed by atoms with E-state index in [0.29, 0.717) is 0 Å². The Labute approximate surface area is 140 Å². The van der Waals surface area contributed by atoms with Gasteiger partial charge in [0.2, 0.25) is 5.91 Å². The molecule has 0 spiro atoms. The van der Waals surface area contributed by atoms with E-state index in [2.05, 4.69) is 15.5 Å². The molecule has 3 rings (SSSR count).